The summed E-state index contributed by atoms with van der Waals surface area (Å²) in [7, 11) is -4.75. The Bertz CT molecular complexity index is 873. The number of hydrogen-bond acceptors (Lipinski definition) is 6. The molecule has 0 aromatic heterocycles. The van der Waals surface area contributed by atoms with Crippen molar-refractivity contribution in [3.05, 3.63) is 12.2 Å². The van der Waals surface area contributed by atoms with E-state index >= 15 is 0 Å². The molecule has 0 spiro atoms. The van der Waals surface area contributed by atoms with Crippen molar-refractivity contribution >= 4 is 19.8 Å². The van der Waals surface area contributed by atoms with Crippen LogP contribution in [0.3, 0.4) is 0 Å². The quantitative estimate of drug-likeness (QED) is 0.0272. The molecule has 0 fully saturated rings. The number of ether oxygens (including phenoxy) is 2. The van der Waals surface area contributed by atoms with Gasteiger partial charge in [0.15, 0.2) is 6.10 Å². The van der Waals surface area contributed by atoms with Crippen molar-refractivity contribution < 1.29 is 37.9 Å². The molecule has 1 atom stereocenters. The molecule has 0 amide bonds. The Kier molecular flexibility index (Phi) is 39.5. The Morgan fingerprint density at radius 3 is 1.19 bits per heavy atom. The van der Waals surface area contributed by atoms with Gasteiger partial charge in [-0.25, -0.2) is 4.57 Å². The van der Waals surface area contributed by atoms with Crippen molar-refractivity contribution in [2.24, 2.45) is 0 Å². The number of phosphoric acid groups is 1. The lowest BCUT2D eigenvalue weighted by Gasteiger charge is -2.18. The fraction of sp³-hybridized carbons (Fsp3) is 0.909. The molecule has 0 aliphatic rings. The molecule has 0 rings (SSSR count). The summed E-state index contributed by atoms with van der Waals surface area (Å²) < 4.78 is 26.4. The van der Waals surface area contributed by atoms with Crippen LogP contribution in [0.15, 0.2) is 12.2 Å². The largest absolute Gasteiger partial charge is 0.469 e. The number of allylic oxidation sites excluding steroid dienone is 2. The Morgan fingerprint density at radius 1 is 0.472 bits per heavy atom. The van der Waals surface area contributed by atoms with Crippen molar-refractivity contribution in [3.63, 3.8) is 0 Å². The summed E-state index contributed by atoms with van der Waals surface area (Å²) in [6.07, 6.45) is 45.2. The lowest BCUT2D eigenvalue weighted by Crippen LogP contribution is -2.29. The van der Waals surface area contributed by atoms with Gasteiger partial charge in [-0.1, -0.05) is 199 Å². The highest BCUT2D eigenvalue weighted by atomic mass is 31.2. The van der Waals surface area contributed by atoms with Crippen LogP contribution in [-0.4, -0.2) is 41.0 Å². The highest BCUT2D eigenvalue weighted by Crippen LogP contribution is 2.36. The van der Waals surface area contributed by atoms with Gasteiger partial charge in [0.25, 0.3) is 0 Å². The molecule has 0 unspecified atom stereocenters. The van der Waals surface area contributed by atoms with Crippen LogP contribution < -0.4 is 0 Å². The number of carbonyl (C=O) groups is 2. The van der Waals surface area contributed by atoms with E-state index in [9.17, 15) is 14.2 Å². The maximum atomic E-state index is 12.4. The Morgan fingerprint density at radius 2 is 0.792 bits per heavy atom. The van der Waals surface area contributed by atoms with E-state index in [4.69, 9.17) is 19.3 Å². The summed E-state index contributed by atoms with van der Waals surface area (Å²) in [5.74, 6) is -0.883. The first kappa shape index (κ1) is 51.8. The van der Waals surface area contributed by atoms with Crippen LogP contribution >= 0.6 is 7.82 Å². The molecule has 0 aromatic rings. The summed E-state index contributed by atoms with van der Waals surface area (Å²) in [6.45, 7) is 3.68. The Balaban J connectivity index is 3.78. The number of carbonyl (C=O) groups excluding carboxylic acids is 2. The van der Waals surface area contributed by atoms with E-state index in [1.807, 2.05) is 0 Å². The molecule has 0 bridgehead atoms. The second-order valence-electron chi connectivity index (χ2n) is 15.4. The minimum absolute atomic E-state index is 0.216. The number of phosphoric ester groups is 1. The molecule has 2 N–H and O–H groups in total. The number of rotatable bonds is 42. The molecule has 9 heteroatoms. The first-order chi connectivity index (χ1) is 25.8. The molecular weight excluding hydrogens is 687 g/mol. The molecule has 0 heterocycles. The molecule has 0 saturated carbocycles. The number of esters is 2. The fourth-order valence-corrected chi connectivity index (χ4v) is 7.02. The average Bonchev–Trinajstić information content (AvgIpc) is 3.13. The van der Waals surface area contributed by atoms with Gasteiger partial charge < -0.3 is 19.3 Å². The first-order valence-electron chi connectivity index (χ1n) is 22.5. The van der Waals surface area contributed by atoms with Crippen molar-refractivity contribution in [1.29, 1.82) is 0 Å². The van der Waals surface area contributed by atoms with Gasteiger partial charge in [0.1, 0.15) is 6.61 Å². The van der Waals surface area contributed by atoms with Gasteiger partial charge in [-0.05, 0) is 38.5 Å². The minimum atomic E-state index is -4.75. The van der Waals surface area contributed by atoms with Crippen LogP contribution in [0.25, 0.3) is 0 Å². The van der Waals surface area contributed by atoms with E-state index in [0.717, 1.165) is 44.9 Å². The molecule has 0 aliphatic heterocycles. The predicted octanol–water partition coefficient (Wildman–Crippen LogP) is 13.8. The van der Waals surface area contributed by atoms with Crippen molar-refractivity contribution in [2.45, 2.75) is 245 Å². The molecule has 0 radical (unpaired) electrons. The number of unbranched alkanes of at least 4 members (excludes halogenated alkanes) is 30. The van der Waals surface area contributed by atoms with Gasteiger partial charge in [0.2, 0.25) is 0 Å². The monoisotopic (exact) mass is 773 g/mol. The third kappa shape index (κ3) is 43.4. The highest BCUT2D eigenvalue weighted by Gasteiger charge is 2.23. The van der Waals surface area contributed by atoms with Gasteiger partial charge in [0.05, 0.1) is 6.61 Å². The van der Waals surface area contributed by atoms with E-state index in [2.05, 4.69) is 30.5 Å². The van der Waals surface area contributed by atoms with Crippen LogP contribution in [-0.2, 0) is 28.2 Å². The summed E-state index contributed by atoms with van der Waals surface area (Å²) >= 11 is 0. The van der Waals surface area contributed by atoms with Gasteiger partial charge >= 0.3 is 19.8 Å². The maximum absolute atomic E-state index is 12.4. The maximum Gasteiger partial charge on any atom is 0.469 e. The number of hydrogen-bond donors (Lipinski definition) is 2. The minimum Gasteiger partial charge on any atom is -0.462 e. The van der Waals surface area contributed by atoms with E-state index < -0.39 is 32.5 Å². The van der Waals surface area contributed by atoms with Crippen molar-refractivity contribution in [3.8, 4) is 0 Å². The van der Waals surface area contributed by atoms with Crippen molar-refractivity contribution in [1.82, 2.24) is 0 Å². The standard InChI is InChI=1S/C44H85O8P/c1-3-5-7-9-11-13-15-17-18-19-20-21-22-23-24-25-26-27-29-31-33-35-37-39-44(46)52-42(41-51-53(47,48)49)40-50-43(45)38-36-34-32-30-28-16-14-12-10-8-6-4-2/h12,14,42H,3-11,13,15-41H2,1-2H3,(H2,47,48,49)/b14-12+/t42-/m1/s1. The normalized spacial score (nSPS) is 12.5. The van der Waals surface area contributed by atoms with E-state index in [1.165, 1.54) is 154 Å². The fourth-order valence-electron chi connectivity index (χ4n) is 6.66. The Labute approximate surface area is 327 Å². The predicted molar refractivity (Wildman–Crippen MR) is 221 cm³/mol. The third-order valence-electron chi connectivity index (χ3n) is 10.0. The van der Waals surface area contributed by atoms with Crippen LogP contribution in [0.5, 0.6) is 0 Å². The highest BCUT2D eigenvalue weighted by molar-refractivity contribution is 7.46. The lowest BCUT2D eigenvalue weighted by atomic mass is 10.0. The molecule has 53 heavy (non-hydrogen) atoms. The lowest BCUT2D eigenvalue weighted by molar-refractivity contribution is -0.161. The third-order valence-corrected chi connectivity index (χ3v) is 10.5. The van der Waals surface area contributed by atoms with Crippen LogP contribution in [0, 0.1) is 0 Å². The Hall–Kier alpha value is -1.21. The molecule has 314 valence electrons. The topological polar surface area (TPSA) is 119 Å². The van der Waals surface area contributed by atoms with E-state index in [-0.39, 0.29) is 19.4 Å². The van der Waals surface area contributed by atoms with Crippen LogP contribution in [0.1, 0.15) is 239 Å². The molecular formula is C44H85O8P. The smallest absolute Gasteiger partial charge is 0.462 e. The summed E-state index contributed by atoms with van der Waals surface area (Å²) in [5.41, 5.74) is 0. The zero-order valence-electron chi connectivity index (χ0n) is 34.7. The zero-order valence-corrected chi connectivity index (χ0v) is 35.6. The molecule has 0 saturated heterocycles. The second-order valence-corrected chi connectivity index (χ2v) is 16.6. The second kappa shape index (κ2) is 40.5. The average molecular weight is 773 g/mol. The van der Waals surface area contributed by atoms with Gasteiger partial charge in [-0.15, -0.1) is 0 Å². The molecule has 0 aliphatic carbocycles. The van der Waals surface area contributed by atoms with Gasteiger partial charge in [0, 0.05) is 12.8 Å². The molecule has 8 nitrogen and oxygen atoms in total. The van der Waals surface area contributed by atoms with Gasteiger partial charge in [-0.3, -0.25) is 14.1 Å². The first-order valence-corrected chi connectivity index (χ1v) is 24.0. The SMILES string of the molecule is CCCCC/C=C/CCCCCCCC(=O)OC[C@H](COP(=O)(O)O)OC(=O)CCCCCCCCCCCCCCCCCCCCCCCCC. The zero-order chi connectivity index (χ0) is 38.9. The van der Waals surface area contributed by atoms with Crippen molar-refractivity contribution in [2.75, 3.05) is 13.2 Å². The summed E-state index contributed by atoms with van der Waals surface area (Å²) in [6, 6.07) is 0. The van der Waals surface area contributed by atoms with E-state index in [1.54, 1.807) is 0 Å². The summed E-state index contributed by atoms with van der Waals surface area (Å²) in [4.78, 5) is 42.8. The van der Waals surface area contributed by atoms with Crippen LogP contribution in [0.2, 0.25) is 0 Å². The van der Waals surface area contributed by atoms with Gasteiger partial charge in [-0.2, -0.15) is 0 Å². The molecule has 0 aromatic carbocycles. The summed E-state index contributed by atoms with van der Waals surface area (Å²) in [5, 5.41) is 0. The van der Waals surface area contributed by atoms with E-state index in [0.29, 0.717) is 12.8 Å². The van der Waals surface area contributed by atoms with Crippen LogP contribution in [0.4, 0.5) is 0 Å².